The van der Waals surface area contributed by atoms with Crippen molar-refractivity contribution < 1.29 is 17.1 Å². The Hall–Kier alpha value is -0.0805. The average Bonchev–Trinajstić information content (AvgIpc) is 3.63. The minimum absolute atomic E-state index is 0. The van der Waals surface area contributed by atoms with Gasteiger partial charge in [0.1, 0.15) is 0 Å². The molecule has 7 heteroatoms. The molecule has 0 aromatic heterocycles. The van der Waals surface area contributed by atoms with E-state index in [9.17, 15) is 0 Å². The molecule has 2 saturated heterocycles. The van der Waals surface area contributed by atoms with E-state index in [0.717, 1.165) is 39.3 Å². The van der Waals surface area contributed by atoms with Crippen molar-refractivity contribution in [1.82, 2.24) is 21.3 Å². The summed E-state index contributed by atoms with van der Waals surface area (Å²) in [7, 11) is 3.16. The van der Waals surface area contributed by atoms with Gasteiger partial charge in [-0.1, -0.05) is 47.7 Å². The van der Waals surface area contributed by atoms with Gasteiger partial charge in [-0.2, -0.15) is 11.6 Å². The van der Waals surface area contributed by atoms with Gasteiger partial charge in [-0.3, -0.25) is 0 Å². The summed E-state index contributed by atoms with van der Waals surface area (Å²) in [6, 6.07) is 17.9. The summed E-state index contributed by atoms with van der Waals surface area (Å²) in [5, 5.41) is 15.7. The van der Waals surface area contributed by atoms with Gasteiger partial charge in [0.05, 0.1) is 0 Å². The van der Waals surface area contributed by atoms with Crippen LogP contribution in [0.25, 0.3) is 0 Å². The first-order chi connectivity index (χ1) is 17.2. The van der Waals surface area contributed by atoms with Gasteiger partial charge in [0.25, 0.3) is 0 Å². The summed E-state index contributed by atoms with van der Waals surface area (Å²) in [6.45, 7) is 21.0. The predicted octanol–water partition coefficient (Wildman–Crippen LogP) is 5.36. The maximum atomic E-state index is 3.86. The van der Waals surface area contributed by atoms with E-state index in [4.69, 9.17) is 0 Å². The van der Waals surface area contributed by atoms with E-state index in [2.05, 4.69) is 90.2 Å². The molecule has 4 N–H and O–H groups in total. The van der Waals surface area contributed by atoms with Crippen LogP contribution in [0, 0.1) is 0 Å². The maximum absolute atomic E-state index is 3.86. The summed E-state index contributed by atoms with van der Waals surface area (Å²) in [5.74, 6) is 0. The Morgan fingerprint density at radius 1 is 0.865 bits per heavy atom. The Labute approximate surface area is 241 Å². The van der Waals surface area contributed by atoms with Crippen molar-refractivity contribution >= 4 is 17.2 Å². The number of piperazine rings is 2. The van der Waals surface area contributed by atoms with Crippen LogP contribution in [-0.2, 0) is 28.4 Å². The van der Waals surface area contributed by atoms with Crippen LogP contribution in [0.1, 0.15) is 65.5 Å². The first-order valence-corrected chi connectivity index (χ1v) is 16.1. The first kappa shape index (κ1) is 33.1. The molecule has 4 nitrogen and oxygen atoms in total. The molecule has 3 unspecified atom stereocenters. The molecule has 0 amide bonds. The van der Waals surface area contributed by atoms with Crippen molar-refractivity contribution in [3.05, 3.63) is 59.7 Å². The molecule has 2 aromatic rings. The van der Waals surface area contributed by atoms with Crippen LogP contribution in [0.4, 0.5) is 0 Å². The summed E-state index contributed by atoms with van der Waals surface area (Å²) >= 11 is 0. The van der Waals surface area contributed by atoms with E-state index in [1.165, 1.54) is 24.6 Å². The topological polar surface area (TPSA) is 48.1 Å². The van der Waals surface area contributed by atoms with E-state index >= 15 is 0 Å². The van der Waals surface area contributed by atoms with Crippen molar-refractivity contribution in [2.45, 2.75) is 88.1 Å². The van der Waals surface area contributed by atoms with Crippen LogP contribution >= 0.6 is 17.2 Å². The largest absolute Gasteiger partial charge is 0.748 e. The van der Waals surface area contributed by atoms with Crippen molar-refractivity contribution in [2.75, 3.05) is 39.3 Å². The Morgan fingerprint density at radius 2 is 1.32 bits per heavy atom. The SMILES string of the molecule is CCC(C)(C)P(C[c-]1cccc1C(P)(C1CNCCN1)C1CNCCN1)C(C)(C)CC.[Fe].[cH-]1[cH-][cH-][cH-][cH-]1. The van der Waals surface area contributed by atoms with Gasteiger partial charge in [-0.25, -0.2) is 12.1 Å². The fourth-order valence-electron chi connectivity index (χ4n) is 5.74. The Kier molecular flexibility index (Phi) is 13.5. The Bertz CT molecular complexity index is 817. The number of hydrogen-bond donors (Lipinski definition) is 4. The molecule has 0 aliphatic carbocycles. The third-order valence-corrected chi connectivity index (χ3v) is 14.0. The standard InChI is InChI=1S/C25H47N4P2.C5H5.Fe/c1-7-23(3,4)31(24(5,6)8-2)18-19-10-9-11-20(19)25(30,21-16-26-12-14-28-21)22-17-27-13-15-29-22;1-2-4-5-3-1;/h9-11,21-22,26-29H,7-8,12-18,30H2,1-6H3;1-5H;/q-1;-5;. The van der Waals surface area contributed by atoms with Crippen molar-refractivity contribution in [2.24, 2.45) is 0 Å². The van der Waals surface area contributed by atoms with Gasteiger partial charge >= 0.3 is 0 Å². The van der Waals surface area contributed by atoms with Gasteiger partial charge in [-0.15, -0.1) is 22.7 Å². The molecular formula is C30H52FeN4P2-6. The minimum atomic E-state index is -0.178. The summed E-state index contributed by atoms with van der Waals surface area (Å²) in [4.78, 5) is 0. The maximum Gasteiger partial charge on any atom is 0.0319 e. The zero-order valence-corrected chi connectivity index (χ0v) is 27.2. The average molecular weight is 587 g/mol. The second kappa shape index (κ2) is 15.1. The predicted molar refractivity (Wildman–Crippen MR) is 164 cm³/mol. The molecule has 2 aliphatic rings. The first-order valence-electron chi connectivity index (χ1n) is 14.0. The number of hydrogen-bond acceptors (Lipinski definition) is 4. The van der Waals surface area contributed by atoms with Crippen molar-refractivity contribution in [3.8, 4) is 0 Å². The van der Waals surface area contributed by atoms with Gasteiger partial charge in [0.15, 0.2) is 0 Å². The smallest absolute Gasteiger partial charge is 0.0319 e. The summed E-state index contributed by atoms with van der Waals surface area (Å²) in [5.41, 5.74) is 3.11. The zero-order chi connectivity index (χ0) is 26.2. The number of rotatable bonds is 9. The minimum Gasteiger partial charge on any atom is -0.748 e. The van der Waals surface area contributed by atoms with Gasteiger partial charge in [0.2, 0.25) is 0 Å². The van der Waals surface area contributed by atoms with E-state index in [0.29, 0.717) is 22.4 Å². The molecule has 3 atom stereocenters. The van der Waals surface area contributed by atoms with Crippen LogP contribution in [0.5, 0.6) is 0 Å². The quantitative estimate of drug-likeness (QED) is 0.182. The van der Waals surface area contributed by atoms with Crippen molar-refractivity contribution in [1.29, 1.82) is 0 Å². The second-order valence-electron chi connectivity index (χ2n) is 11.7. The number of nitrogens with one attached hydrogen (secondary N) is 4. The van der Waals surface area contributed by atoms with Crippen LogP contribution in [0.15, 0.2) is 48.5 Å². The van der Waals surface area contributed by atoms with E-state index in [1.54, 1.807) is 5.56 Å². The van der Waals surface area contributed by atoms with Crippen LogP contribution < -0.4 is 21.3 Å². The molecular weight excluding hydrogens is 534 g/mol. The molecule has 2 heterocycles. The fourth-order valence-corrected chi connectivity index (χ4v) is 10.4. The van der Waals surface area contributed by atoms with Gasteiger partial charge in [-0.05, 0) is 23.2 Å². The Morgan fingerprint density at radius 3 is 1.70 bits per heavy atom. The van der Waals surface area contributed by atoms with Crippen molar-refractivity contribution in [3.63, 3.8) is 0 Å². The fraction of sp³-hybridized carbons (Fsp3) is 0.667. The van der Waals surface area contributed by atoms with E-state index < -0.39 is 0 Å². The molecule has 0 radical (unpaired) electrons. The normalized spacial score (nSPS) is 22.5. The van der Waals surface area contributed by atoms with Crippen LogP contribution in [0.3, 0.4) is 0 Å². The third-order valence-electron chi connectivity index (χ3n) is 8.68. The van der Waals surface area contributed by atoms with E-state index in [-0.39, 0.29) is 30.1 Å². The van der Waals surface area contributed by atoms with Crippen LogP contribution in [-0.4, -0.2) is 61.7 Å². The molecule has 2 aromatic carbocycles. The second-order valence-corrected chi connectivity index (χ2v) is 16.2. The van der Waals surface area contributed by atoms with E-state index in [1.807, 2.05) is 30.3 Å². The third kappa shape index (κ3) is 8.22. The zero-order valence-electron chi connectivity index (χ0n) is 24.0. The van der Waals surface area contributed by atoms with Gasteiger partial charge < -0.3 is 51.6 Å². The van der Waals surface area contributed by atoms with Crippen LogP contribution in [0.2, 0.25) is 0 Å². The summed E-state index contributed by atoms with van der Waals surface area (Å²) < 4.78 is 0. The van der Waals surface area contributed by atoms with Gasteiger partial charge in [0, 0.05) is 73.6 Å². The molecule has 0 bridgehead atoms. The Balaban J connectivity index is 0.000000716. The molecule has 2 fully saturated rings. The monoisotopic (exact) mass is 586 g/mol. The molecule has 0 saturated carbocycles. The molecule has 216 valence electrons. The molecule has 4 rings (SSSR count). The molecule has 0 spiro atoms. The summed E-state index contributed by atoms with van der Waals surface area (Å²) in [6.07, 6.45) is 3.70. The molecule has 37 heavy (non-hydrogen) atoms. The molecule has 2 aliphatic heterocycles.